The Kier molecular flexibility index (Phi) is 7.77. The summed E-state index contributed by atoms with van der Waals surface area (Å²) in [4.78, 5) is 70.2. The molecule has 2 N–H and O–H groups in total. The average Bonchev–Trinajstić information content (AvgIpc) is 3.33. The molecule has 0 spiro atoms. The molecule has 8 nitrogen and oxygen atoms in total. The van der Waals surface area contributed by atoms with Crippen molar-refractivity contribution in [1.82, 2.24) is 4.90 Å². The zero-order valence-electron chi connectivity index (χ0n) is 26.9. The van der Waals surface area contributed by atoms with Gasteiger partial charge < -0.3 is 10.2 Å². The van der Waals surface area contributed by atoms with E-state index in [-0.39, 0.29) is 54.9 Å². The van der Waals surface area contributed by atoms with Gasteiger partial charge in [-0.05, 0) is 72.9 Å². The number of Topliss-reactive ketones (excluding diaryl/α,β-unsaturated/α-hetero) is 1. The summed E-state index contributed by atoms with van der Waals surface area (Å²) in [6.07, 6.45) is 4.00. The number of likely N-dealkylation sites (tertiary alicyclic amines) is 1. The van der Waals surface area contributed by atoms with Gasteiger partial charge in [0.1, 0.15) is 5.75 Å². The molecule has 6 atom stereocenters. The van der Waals surface area contributed by atoms with Crippen LogP contribution in [0.15, 0.2) is 90.5 Å². The van der Waals surface area contributed by atoms with Crippen LogP contribution in [0.3, 0.4) is 0 Å². The first-order valence-corrected chi connectivity index (χ1v) is 16.5. The molecule has 2 fully saturated rings. The van der Waals surface area contributed by atoms with Gasteiger partial charge in [0.15, 0.2) is 11.6 Å². The van der Waals surface area contributed by atoms with Crippen LogP contribution in [0.1, 0.15) is 59.4 Å². The van der Waals surface area contributed by atoms with Crippen LogP contribution in [0, 0.1) is 37.5 Å². The second-order valence-corrected chi connectivity index (χ2v) is 13.6. The highest BCUT2D eigenvalue weighted by atomic mass is 16.4. The van der Waals surface area contributed by atoms with Crippen molar-refractivity contribution >= 4 is 34.9 Å². The Bertz CT molecular complexity index is 1900. The molecule has 1 heterocycles. The Morgan fingerprint density at radius 3 is 2.19 bits per heavy atom. The maximum absolute atomic E-state index is 15.1. The van der Waals surface area contributed by atoms with Crippen LogP contribution < -0.4 is 0 Å². The van der Waals surface area contributed by atoms with Crippen LogP contribution in [-0.4, -0.2) is 51.0 Å². The Labute approximate surface area is 278 Å². The quantitative estimate of drug-likeness (QED) is 0.250. The number of fused-ring (bicyclic) bond motifs is 4. The molecule has 1 aliphatic heterocycles. The summed E-state index contributed by atoms with van der Waals surface area (Å²) >= 11 is 0. The van der Waals surface area contributed by atoms with Gasteiger partial charge in [0.25, 0.3) is 0 Å². The zero-order valence-corrected chi connectivity index (χ0v) is 26.9. The molecule has 3 aliphatic carbocycles. The number of carbonyl (C=O) groups excluding carboxylic acids is 4. The van der Waals surface area contributed by atoms with E-state index in [2.05, 4.69) is 0 Å². The van der Waals surface area contributed by atoms with Gasteiger partial charge in [0, 0.05) is 30.4 Å². The highest BCUT2D eigenvalue weighted by Gasteiger charge is 2.65. The lowest BCUT2D eigenvalue weighted by Crippen LogP contribution is -2.58. The van der Waals surface area contributed by atoms with Crippen molar-refractivity contribution in [2.75, 3.05) is 6.54 Å². The molecule has 8 heteroatoms. The van der Waals surface area contributed by atoms with Gasteiger partial charge >= 0.3 is 5.97 Å². The van der Waals surface area contributed by atoms with E-state index in [1.807, 2.05) is 78.9 Å². The van der Waals surface area contributed by atoms with Crippen molar-refractivity contribution in [3.8, 4) is 5.75 Å². The Morgan fingerprint density at radius 2 is 1.54 bits per heavy atom. The molecule has 4 aliphatic rings. The molecule has 0 bridgehead atoms. The monoisotopic (exact) mass is 643 g/mol. The van der Waals surface area contributed by atoms with Crippen molar-refractivity contribution < 1.29 is 34.2 Å². The minimum atomic E-state index is -1.34. The number of aliphatic carboxylic acids is 1. The highest BCUT2D eigenvalue weighted by molar-refractivity contribution is 6.31. The third-order valence-corrected chi connectivity index (χ3v) is 11.1. The lowest BCUT2D eigenvalue weighted by Gasteiger charge is -2.55. The number of carboxylic acids is 1. The molecule has 3 aromatic rings. The van der Waals surface area contributed by atoms with Crippen molar-refractivity contribution in [2.24, 2.45) is 23.7 Å². The number of ketones is 2. The molecule has 3 aromatic carbocycles. The summed E-state index contributed by atoms with van der Waals surface area (Å²) in [5.41, 5.74) is 3.22. The van der Waals surface area contributed by atoms with Crippen molar-refractivity contribution in [2.45, 2.75) is 50.9 Å². The number of hydrogen-bond acceptors (Lipinski definition) is 6. The first kappa shape index (κ1) is 31.5. The molecule has 2 amide bonds. The maximum atomic E-state index is 15.1. The number of nitrogens with zero attached hydrogens (tertiary/aromatic N) is 1. The molecule has 48 heavy (non-hydrogen) atoms. The van der Waals surface area contributed by atoms with Gasteiger partial charge in [-0.1, -0.05) is 84.4 Å². The van der Waals surface area contributed by atoms with Crippen LogP contribution in [0.4, 0.5) is 0 Å². The van der Waals surface area contributed by atoms with Gasteiger partial charge in [-0.2, -0.15) is 0 Å². The number of imide groups is 1. The number of amides is 2. The number of carbonyl (C=O) groups is 5. The topological polar surface area (TPSA) is 129 Å². The fraction of sp³-hybridized carbons (Fsp3) is 0.325. The molecule has 0 radical (unpaired) electrons. The largest absolute Gasteiger partial charge is 0.507 e. The Morgan fingerprint density at radius 1 is 0.896 bits per heavy atom. The number of benzene rings is 3. The van der Waals surface area contributed by atoms with E-state index in [9.17, 15) is 29.4 Å². The van der Waals surface area contributed by atoms with Crippen LogP contribution >= 0.6 is 0 Å². The van der Waals surface area contributed by atoms with Gasteiger partial charge in [0.05, 0.1) is 17.3 Å². The SMILES string of the molecule is Cc1cc(C2C3=CCC4C(=O)N(CCCC(=O)O)C(=O)C4C3CC3C(=O)C(c4ccccc4)=CC(=O)C32c2ccccc2)cc(C)c1O. The summed E-state index contributed by atoms with van der Waals surface area (Å²) in [6, 6.07) is 22.3. The van der Waals surface area contributed by atoms with E-state index in [1.165, 1.54) is 11.0 Å². The van der Waals surface area contributed by atoms with E-state index >= 15 is 4.79 Å². The number of aromatic hydroxyl groups is 1. The van der Waals surface area contributed by atoms with E-state index in [4.69, 9.17) is 0 Å². The molecular weight excluding hydrogens is 606 g/mol. The van der Waals surface area contributed by atoms with Crippen molar-refractivity contribution in [3.05, 3.63) is 118 Å². The summed E-state index contributed by atoms with van der Waals surface area (Å²) < 4.78 is 0. The third kappa shape index (κ3) is 4.68. The van der Waals surface area contributed by atoms with Gasteiger partial charge in [-0.3, -0.25) is 28.9 Å². The summed E-state index contributed by atoms with van der Waals surface area (Å²) in [7, 11) is 0. The molecule has 244 valence electrons. The smallest absolute Gasteiger partial charge is 0.303 e. The fourth-order valence-electron chi connectivity index (χ4n) is 9.08. The van der Waals surface area contributed by atoms with Crippen LogP contribution in [0.2, 0.25) is 0 Å². The predicted molar refractivity (Wildman–Crippen MR) is 178 cm³/mol. The van der Waals surface area contributed by atoms with Gasteiger partial charge in [0.2, 0.25) is 11.8 Å². The standard InChI is InChI=1S/C40H37NO7/c1-22-18-25(19-23(2)36(22)45)35-27-15-16-28-34(39(48)41(38(28)47)17-9-14-33(43)44)30(27)20-31-37(46)29(24-10-5-3-6-11-24)21-32(42)40(31,35)26-12-7-4-8-13-26/h3-8,10-13,15,18-19,21,28,30-31,34-35,45H,9,14,16-17,20H2,1-2H3,(H,43,44). The van der Waals surface area contributed by atoms with Crippen LogP contribution in [0.5, 0.6) is 5.75 Å². The number of allylic oxidation sites excluding steroid dienone is 4. The Hall–Kier alpha value is -5.11. The first-order valence-electron chi connectivity index (χ1n) is 16.5. The average molecular weight is 644 g/mol. The van der Waals surface area contributed by atoms with Crippen LogP contribution in [0.25, 0.3) is 5.57 Å². The summed E-state index contributed by atoms with van der Waals surface area (Å²) in [5.74, 6) is -5.24. The second-order valence-electron chi connectivity index (χ2n) is 13.6. The fourth-order valence-corrected chi connectivity index (χ4v) is 9.08. The van der Waals surface area contributed by atoms with E-state index in [0.29, 0.717) is 34.2 Å². The number of phenols is 1. The van der Waals surface area contributed by atoms with Crippen LogP contribution in [-0.2, 0) is 29.4 Å². The molecule has 7 rings (SSSR count). The van der Waals surface area contributed by atoms with E-state index in [0.717, 1.165) is 11.1 Å². The van der Waals surface area contributed by atoms with E-state index < -0.39 is 41.0 Å². The van der Waals surface area contributed by atoms with Crippen molar-refractivity contribution in [1.29, 1.82) is 0 Å². The number of hydrogen-bond donors (Lipinski definition) is 2. The minimum absolute atomic E-state index is 0.0223. The normalized spacial score (nSPS) is 28.0. The van der Waals surface area contributed by atoms with Gasteiger partial charge in [-0.25, -0.2) is 0 Å². The number of aryl methyl sites for hydroxylation is 2. The number of rotatable bonds is 7. The third-order valence-electron chi connectivity index (χ3n) is 11.1. The first-order chi connectivity index (χ1) is 23.0. The molecule has 6 unspecified atom stereocenters. The Balaban J connectivity index is 1.45. The lowest BCUT2D eigenvalue weighted by atomic mass is 9.44. The summed E-state index contributed by atoms with van der Waals surface area (Å²) in [6.45, 7) is 3.63. The summed E-state index contributed by atoms with van der Waals surface area (Å²) in [5, 5.41) is 20.0. The number of carboxylic acid groups (broad SMARTS) is 1. The molecule has 0 aromatic heterocycles. The highest BCUT2D eigenvalue weighted by Crippen LogP contribution is 2.63. The van der Waals surface area contributed by atoms with Gasteiger partial charge in [-0.15, -0.1) is 0 Å². The number of phenolic OH excluding ortho intramolecular Hbond substituents is 1. The molecular formula is C40H37NO7. The zero-order chi connectivity index (χ0) is 33.9. The second kappa shape index (κ2) is 11.8. The maximum Gasteiger partial charge on any atom is 0.303 e. The predicted octanol–water partition coefficient (Wildman–Crippen LogP) is 5.70. The molecule has 1 saturated heterocycles. The lowest BCUT2D eigenvalue weighted by molar-refractivity contribution is -0.142. The molecule has 1 saturated carbocycles. The van der Waals surface area contributed by atoms with E-state index in [1.54, 1.807) is 13.8 Å². The minimum Gasteiger partial charge on any atom is -0.507 e. The van der Waals surface area contributed by atoms with Crippen molar-refractivity contribution in [3.63, 3.8) is 0 Å².